The molecule has 0 saturated carbocycles. The van der Waals surface area contributed by atoms with Gasteiger partial charge in [-0.25, -0.2) is 4.98 Å². The van der Waals surface area contributed by atoms with Crippen LogP contribution in [0.3, 0.4) is 0 Å². The molecule has 0 atom stereocenters. The molecule has 1 amide bonds. The van der Waals surface area contributed by atoms with E-state index < -0.39 is 0 Å². The second-order valence-corrected chi connectivity index (χ2v) is 2.82. The van der Waals surface area contributed by atoms with E-state index in [9.17, 15) is 4.79 Å². The molecule has 0 unspecified atom stereocenters. The SMILES string of the molecule is CNc1cc(NCCC(N)=O)ccn1. The molecule has 0 spiro atoms. The minimum Gasteiger partial charge on any atom is -0.384 e. The van der Waals surface area contributed by atoms with Gasteiger partial charge in [-0.05, 0) is 6.07 Å². The van der Waals surface area contributed by atoms with Crippen LogP contribution < -0.4 is 16.4 Å². The highest BCUT2D eigenvalue weighted by Gasteiger charge is 1.96. The Balaban J connectivity index is 2.46. The predicted octanol–water partition coefficient (Wildman–Crippen LogP) is 0.411. The van der Waals surface area contributed by atoms with Crippen molar-refractivity contribution in [1.29, 1.82) is 0 Å². The van der Waals surface area contributed by atoms with E-state index in [-0.39, 0.29) is 5.91 Å². The lowest BCUT2D eigenvalue weighted by molar-refractivity contribution is -0.117. The smallest absolute Gasteiger partial charge is 0.219 e. The molecule has 5 nitrogen and oxygen atoms in total. The van der Waals surface area contributed by atoms with E-state index in [1.165, 1.54) is 0 Å². The minimum absolute atomic E-state index is 0.305. The molecule has 0 aliphatic rings. The molecule has 0 aliphatic heterocycles. The first-order chi connectivity index (χ1) is 6.72. The summed E-state index contributed by atoms with van der Waals surface area (Å²) in [5.74, 6) is 0.481. The maximum Gasteiger partial charge on any atom is 0.219 e. The van der Waals surface area contributed by atoms with E-state index in [2.05, 4.69) is 15.6 Å². The molecule has 0 fully saturated rings. The fourth-order valence-corrected chi connectivity index (χ4v) is 1.01. The van der Waals surface area contributed by atoms with Crippen molar-refractivity contribution in [2.45, 2.75) is 6.42 Å². The Kier molecular flexibility index (Phi) is 3.72. The molecule has 14 heavy (non-hydrogen) atoms. The molecule has 0 bridgehead atoms. The second-order valence-electron chi connectivity index (χ2n) is 2.82. The summed E-state index contributed by atoms with van der Waals surface area (Å²) in [5.41, 5.74) is 5.93. The van der Waals surface area contributed by atoms with Gasteiger partial charge in [-0.15, -0.1) is 0 Å². The number of amides is 1. The number of anilines is 2. The highest BCUT2D eigenvalue weighted by atomic mass is 16.1. The predicted molar refractivity (Wildman–Crippen MR) is 56.1 cm³/mol. The van der Waals surface area contributed by atoms with Crippen LogP contribution in [0.15, 0.2) is 18.3 Å². The lowest BCUT2D eigenvalue weighted by Crippen LogP contribution is -2.15. The lowest BCUT2D eigenvalue weighted by Gasteiger charge is -2.06. The Hall–Kier alpha value is -1.78. The largest absolute Gasteiger partial charge is 0.384 e. The zero-order valence-electron chi connectivity index (χ0n) is 8.08. The number of nitrogens with two attached hydrogens (primary N) is 1. The average Bonchev–Trinajstić information content (AvgIpc) is 2.18. The Morgan fingerprint density at radius 3 is 3.07 bits per heavy atom. The fraction of sp³-hybridized carbons (Fsp3) is 0.333. The second kappa shape index (κ2) is 5.06. The normalized spacial score (nSPS) is 9.50. The van der Waals surface area contributed by atoms with Gasteiger partial charge in [-0.2, -0.15) is 0 Å². The molecule has 1 rings (SSSR count). The van der Waals surface area contributed by atoms with Gasteiger partial charge in [-0.1, -0.05) is 0 Å². The van der Waals surface area contributed by atoms with E-state index >= 15 is 0 Å². The van der Waals surface area contributed by atoms with Gasteiger partial charge in [0, 0.05) is 38.0 Å². The van der Waals surface area contributed by atoms with Gasteiger partial charge in [0.15, 0.2) is 0 Å². The van der Waals surface area contributed by atoms with Crippen molar-refractivity contribution in [2.75, 3.05) is 24.2 Å². The molecule has 1 aromatic rings. The Morgan fingerprint density at radius 1 is 1.64 bits per heavy atom. The first kappa shape index (κ1) is 10.3. The van der Waals surface area contributed by atoms with Crippen molar-refractivity contribution >= 4 is 17.4 Å². The van der Waals surface area contributed by atoms with Crippen LogP contribution in [0.1, 0.15) is 6.42 Å². The average molecular weight is 194 g/mol. The number of pyridine rings is 1. The van der Waals surface area contributed by atoms with Crippen LogP contribution in [0, 0.1) is 0 Å². The summed E-state index contributed by atoms with van der Waals surface area (Å²) in [6.45, 7) is 0.544. The van der Waals surface area contributed by atoms with Crippen LogP contribution in [0.2, 0.25) is 0 Å². The maximum absolute atomic E-state index is 10.5. The van der Waals surface area contributed by atoms with E-state index in [1.54, 1.807) is 13.2 Å². The number of carbonyl (C=O) groups is 1. The summed E-state index contributed by atoms with van der Waals surface area (Å²) in [7, 11) is 1.80. The van der Waals surface area contributed by atoms with Gasteiger partial charge < -0.3 is 16.4 Å². The van der Waals surface area contributed by atoms with Crippen LogP contribution in [0.25, 0.3) is 0 Å². The van der Waals surface area contributed by atoms with Crippen LogP contribution >= 0.6 is 0 Å². The summed E-state index contributed by atoms with van der Waals surface area (Å²) in [6.07, 6.45) is 2.02. The molecular weight excluding hydrogens is 180 g/mol. The van der Waals surface area contributed by atoms with Crippen molar-refractivity contribution in [3.8, 4) is 0 Å². The van der Waals surface area contributed by atoms with Gasteiger partial charge in [0.05, 0.1) is 0 Å². The topological polar surface area (TPSA) is 80.0 Å². The van der Waals surface area contributed by atoms with Crippen molar-refractivity contribution in [3.63, 3.8) is 0 Å². The van der Waals surface area contributed by atoms with Crippen molar-refractivity contribution in [2.24, 2.45) is 5.73 Å². The molecule has 0 aliphatic carbocycles. The molecule has 1 aromatic heterocycles. The summed E-state index contributed by atoms with van der Waals surface area (Å²) in [5, 5.41) is 5.99. The molecule has 0 radical (unpaired) electrons. The number of nitrogens with one attached hydrogen (secondary N) is 2. The maximum atomic E-state index is 10.5. The molecule has 4 N–H and O–H groups in total. The van der Waals surface area contributed by atoms with Crippen molar-refractivity contribution < 1.29 is 4.79 Å². The van der Waals surface area contributed by atoms with Gasteiger partial charge >= 0.3 is 0 Å². The third kappa shape index (κ3) is 3.30. The van der Waals surface area contributed by atoms with Crippen molar-refractivity contribution in [3.05, 3.63) is 18.3 Å². The van der Waals surface area contributed by atoms with Gasteiger partial charge in [0.1, 0.15) is 5.82 Å². The molecule has 0 aromatic carbocycles. The summed E-state index contributed by atoms with van der Waals surface area (Å²) < 4.78 is 0. The molecule has 76 valence electrons. The van der Waals surface area contributed by atoms with E-state index in [1.807, 2.05) is 12.1 Å². The van der Waals surface area contributed by atoms with Crippen molar-refractivity contribution in [1.82, 2.24) is 4.98 Å². The fourth-order valence-electron chi connectivity index (χ4n) is 1.01. The van der Waals surface area contributed by atoms with E-state index in [4.69, 9.17) is 5.73 Å². The van der Waals surface area contributed by atoms with Gasteiger partial charge in [-0.3, -0.25) is 4.79 Å². The zero-order valence-corrected chi connectivity index (χ0v) is 8.08. The first-order valence-electron chi connectivity index (χ1n) is 4.38. The Bertz CT molecular complexity index is 313. The number of hydrogen-bond acceptors (Lipinski definition) is 4. The third-order valence-electron chi connectivity index (χ3n) is 1.72. The number of carbonyl (C=O) groups excluding carboxylic acids is 1. The summed E-state index contributed by atoms with van der Waals surface area (Å²) in [4.78, 5) is 14.5. The number of primary amides is 1. The quantitative estimate of drug-likeness (QED) is 0.634. The van der Waals surface area contributed by atoms with Crippen LogP contribution in [0.4, 0.5) is 11.5 Å². The molecule has 5 heteroatoms. The van der Waals surface area contributed by atoms with Crippen LogP contribution in [-0.4, -0.2) is 24.5 Å². The summed E-state index contributed by atoms with van der Waals surface area (Å²) >= 11 is 0. The van der Waals surface area contributed by atoms with E-state index in [0.29, 0.717) is 13.0 Å². The lowest BCUT2D eigenvalue weighted by atomic mass is 10.3. The van der Waals surface area contributed by atoms with Gasteiger partial charge in [0.2, 0.25) is 5.91 Å². The molecular formula is C9H14N4O. The minimum atomic E-state index is -0.305. The Labute approximate surface area is 82.7 Å². The van der Waals surface area contributed by atoms with Gasteiger partial charge in [0.25, 0.3) is 0 Å². The standard InChI is InChI=1S/C9H14N4O/c1-11-9-6-7(2-4-13-9)12-5-3-8(10)14/h2,4,6H,3,5H2,1H3,(H2,10,14)(H2,11,12,13). The number of hydrogen-bond donors (Lipinski definition) is 3. The number of aromatic nitrogens is 1. The number of rotatable bonds is 5. The zero-order chi connectivity index (χ0) is 10.4. The first-order valence-corrected chi connectivity index (χ1v) is 4.38. The number of nitrogens with zero attached hydrogens (tertiary/aromatic N) is 1. The third-order valence-corrected chi connectivity index (χ3v) is 1.72. The summed E-state index contributed by atoms with van der Waals surface area (Å²) in [6, 6.07) is 3.70. The highest BCUT2D eigenvalue weighted by molar-refractivity contribution is 5.74. The van der Waals surface area contributed by atoms with Crippen LogP contribution in [0.5, 0.6) is 0 Å². The monoisotopic (exact) mass is 194 g/mol. The van der Waals surface area contributed by atoms with E-state index in [0.717, 1.165) is 11.5 Å². The Morgan fingerprint density at radius 2 is 2.43 bits per heavy atom. The molecule has 0 saturated heterocycles. The van der Waals surface area contributed by atoms with Crippen LogP contribution in [-0.2, 0) is 4.79 Å². The highest BCUT2D eigenvalue weighted by Crippen LogP contribution is 2.10. The molecule has 1 heterocycles.